The predicted octanol–water partition coefficient (Wildman–Crippen LogP) is 1.64. The molecule has 6 nitrogen and oxygen atoms in total. The number of carbonyl (C=O) groups is 1. The Morgan fingerprint density at radius 1 is 1.19 bits per heavy atom. The van der Waals surface area contributed by atoms with Crippen molar-refractivity contribution in [3.05, 3.63) is 47.9 Å². The first-order valence-electron chi connectivity index (χ1n) is 9.37. The molecule has 2 aromatic rings. The molecule has 3 fully saturated rings. The van der Waals surface area contributed by atoms with E-state index in [1.807, 2.05) is 30.2 Å². The van der Waals surface area contributed by atoms with E-state index in [1.54, 1.807) is 0 Å². The summed E-state index contributed by atoms with van der Waals surface area (Å²) in [6.45, 7) is 5.15. The molecule has 6 heteroatoms. The number of aryl methyl sites for hydroxylation is 1. The van der Waals surface area contributed by atoms with Gasteiger partial charge in [0.1, 0.15) is 11.6 Å². The maximum Gasteiger partial charge on any atom is 0.241 e. The van der Waals surface area contributed by atoms with Gasteiger partial charge < -0.3 is 9.80 Å². The molecule has 1 aromatic heterocycles. The van der Waals surface area contributed by atoms with Crippen LogP contribution >= 0.6 is 0 Å². The summed E-state index contributed by atoms with van der Waals surface area (Å²) in [7, 11) is 0. The summed E-state index contributed by atoms with van der Waals surface area (Å²) in [6, 6.07) is 11.1. The monoisotopic (exact) mass is 349 g/mol. The summed E-state index contributed by atoms with van der Waals surface area (Å²) in [6.07, 6.45) is 3.98. The van der Waals surface area contributed by atoms with Gasteiger partial charge in [0.05, 0.1) is 6.54 Å². The summed E-state index contributed by atoms with van der Waals surface area (Å²) >= 11 is 0. The second-order valence-electron chi connectivity index (χ2n) is 7.51. The highest BCUT2D eigenvalue weighted by atomic mass is 16.2. The van der Waals surface area contributed by atoms with Crippen LogP contribution in [0.25, 0.3) is 0 Å². The van der Waals surface area contributed by atoms with Crippen LogP contribution in [0.1, 0.15) is 17.8 Å². The van der Waals surface area contributed by atoms with Crippen LogP contribution in [0.5, 0.6) is 0 Å². The average Bonchev–Trinajstić information content (AvgIpc) is 3.10. The molecule has 0 saturated carbocycles. The maximum absolute atomic E-state index is 12.9. The van der Waals surface area contributed by atoms with Crippen LogP contribution in [0, 0.1) is 6.92 Å². The third-order valence-electron chi connectivity index (χ3n) is 5.94. The lowest BCUT2D eigenvalue weighted by Gasteiger charge is -2.56. The van der Waals surface area contributed by atoms with Crippen LogP contribution in [-0.4, -0.2) is 59.0 Å². The first-order chi connectivity index (χ1) is 12.7. The minimum atomic E-state index is 0.232. The van der Waals surface area contributed by atoms with Crippen LogP contribution in [-0.2, 0) is 11.2 Å². The van der Waals surface area contributed by atoms with Crippen molar-refractivity contribution in [3.8, 4) is 0 Å². The molecule has 1 aromatic carbocycles. The lowest BCUT2D eigenvalue weighted by Crippen LogP contribution is -2.70. The zero-order chi connectivity index (χ0) is 17.7. The topological polar surface area (TPSA) is 52.6 Å². The fourth-order valence-electron chi connectivity index (χ4n) is 4.59. The molecule has 2 atom stereocenters. The van der Waals surface area contributed by atoms with Gasteiger partial charge in [-0.2, -0.15) is 0 Å². The molecule has 3 saturated heterocycles. The largest absolute Gasteiger partial charge is 0.353 e. The van der Waals surface area contributed by atoms with Crippen LogP contribution < -0.4 is 9.80 Å². The summed E-state index contributed by atoms with van der Waals surface area (Å²) < 4.78 is 0. The maximum atomic E-state index is 12.9. The number of fused-ring (bicyclic) bond motifs is 3. The van der Waals surface area contributed by atoms with E-state index in [-0.39, 0.29) is 5.91 Å². The summed E-state index contributed by atoms with van der Waals surface area (Å²) in [5.74, 6) is 2.05. The fraction of sp³-hybridized carbons (Fsp3) is 0.450. The number of carbonyl (C=O) groups excluding carboxylic acids is 1. The number of aromatic nitrogens is 2. The van der Waals surface area contributed by atoms with Crippen molar-refractivity contribution in [1.29, 1.82) is 0 Å². The first-order valence-corrected chi connectivity index (χ1v) is 9.37. The third kappa shape index (κ3) is 2.56. The Balaban J connectivity index is 1.25. The van der Waals surface area contributed by atoms with E-state index in [0.717, 1.165) is 43.4 Å². The lowest BCUT2D eigenvalue weighted by molar-refractivity contribution is -0.124. The van der Waals surface area contributed by atoms with Crippen LogP contribution in [0.3, 0.4) is 0 Å². The van der Waals surface area contributed by atoms with Gasteiger partial charge >= 0.3 is 0 Å². The van der Waals surface area contributed by atoms with Crippen molar-refractivity contribution in [2.75, 3.05) is 36.0 Å². The molecule has 2 bridgehead atoms. The predicted molar refractivity (Wildman–Crippen MR) is 100 cm³/mol. The average molecular weight is 349 g/mol. The smallest absolute Gasteiger partial charge is 0.241 e. The van der Waals surface area contributed by atoms with Gasteiger partial charge in [-0.15, -0.1) is 0 Å². The van der Waals surface area contributed by atoms with Crippen molar-refractivity contribution < 1.29 is 4.79 Å². The fourth-order valence-corrected chi connectivity index (χ4v) is 4.59. The molecule has 0 aliphatic carbocycles. The number of hydrogen-bond acceptors (Lipinski definition) is 5. The Bertz CT molecular complexity index is 842. The summed E-state index contributed by atoms with van der Waals surface area (Å²) in [5.41, 5.74) is 2.39. The molecule has 0 radical (unpaired) electrons. The number of rotatable bonds is 3. The number of piperidine rings is 1. The molecule has 2 unspecified atom stereocenters. The Labute approximate surface area is 153 Å². The second kappa shape index (κ2) is 6.06. The van der Waals surface area contributed by atoms with E-state index < -0.39 is 0 Å². The van der Waals surface area contributed by atoms with E-state index in [0.29, 0.717) is 18.6 Å². The molecule has 26 heavy (non-hydrogen) atoms. The first kappa shape index (κ1) is 15.8. The highest BCUT2D eigenvalue weighted by Gasteiger charge is 2.46. The Morgan fingerprint density at radius 3 is 2.81 bits per heavy atom. The number of amides is 1. The molecule has 4 aliphatic rings. The zero-order valence-corrected chi connectivity index (χ0v) is 15.0. The van der Waals surface area contributed by atoms with Gasteiger partial charge in [-0.25, -0.2) is 9.97 Å². The van der Waals surface area contributed by atoms with Gasteiger partial charge in [-0.3, -0.25) is 9.69 Å². The summed E-state index contributed by atoms with van der Waals surface area (Å²) in [4.78, 5) is 28.3. The zero-order valence-electron chi connectivity index (χ0n) is 15.0. The molecular formula is C20H23N5O. The van der Waals surface area contributed by atoms with E-state index in [2.05, 4.69) is 38.0 Å². The van der Waals surface area contributed by atoms with Crippen molar-refractivity contribution in [1.82, 2.24) is 14.9 Å². The number of para-hydroxylation sites is 1. The van der Waals surface area contributed by atoms with Crippen LogP contribution in [0.2, 0.25) is 0 Å². The number of benzene rings is 1. The highest BCUT2D eigenvalue weighted by Crippen LogP contribution is 2.35. The third-order valence-corrected chi connectivity index (χ3v) is 5.94. The van der Waals surface area contributed by atoms with Gasteiger partial charge in [-0.05, 0) is 37.5 Å². The van der Waals surface area contributed by atoms with Crippen molar-refractivity contribution in [2.24, 2.45) is 0 Å². The molecule has 0 N–H and O–H groups in total. The SMILES string of the molecule is Cc1nccc(N2CC3CC(C2)N3CC(=O)N2CCc3ccccc32)n1. The Kier molecular flexibility index (Phi) is 3.67. The Hall–Kier alpha value is -2.47. The number of hydrogen-bond donors (Lipinski definition) is 0. The van der Waals surface area contributed by atoms with Gasteiger partial charge in [0.2, 0.25) is 5.91 Å². The molecule has 0 spiro atoms. The highest BCUT2D eigenvalue weighted by molar-refractivity contribution is 5.96. The van der Waals surface area contributed by atoms with Crippen LogP contribution in [0.15, 0.2) is 36.5 Å². The number of nitrogens with zero attached hydrogens (tertiary/aromatic N) is 5. The van der Waals surface area contributed by atoms with Gasteiger partial charge in [-0.1, -0.05) is 18.2 Å². The van der Waals surface area contributed by atoms with E-state index in [9.17, 15) is 4.79 Å². The molecule has 134 valence electrons. The minimum absolute atomic E-state index is 0.232. The van der Waals surface area contributed by atoms with Gasteiger partial charge in [0.15, 0.2) is 0 Å². The molecule has 5 heterocycles. The van der Waals surface area contributed by atoms with Gasteiger partial charge in [0, 0.05) is 43.6 Å². The van der Waals surface area contributed by atoms with Crippen molar-refractivity contribution >= 4 is 17.4 Å². The van der Waals surface area contributed by atoms with Crippen molar-refractivity contribution in [2.45, 2.75) is 31.8 Å². The minimum Gasteiger partial charge on any atom is -0.353 e. The molecule has 6 rings (SSSR count). The molecule has 1 amide bonds. The Morgan fingerprint density at radius 2 is 2.00 bits per heavy atom. The number of anilines is 2. The lowest BCUT2D eigenvalue weighted by atomic mass is 9.87. The molecule has 4 aliphatic heterocycles. The molecular weight excluding hydrogens is 326 g/mol. The van der Waals surface area contributed by atoms with Crippen LogP contribution in [0.4, 0.5) is 11.5 Å². The van der Waals surface area contributed by atoms with E-state index >= 15 is 0 Å². The normalized spacial score (nSPS) is 24.3. The standard InChI is InChI=1S/C20H23N5O/c1-14-21-8-6-19(22-14)23-11-16-10-17(12-23)25(16)13-20(26)24-9-7-15-4-2-3-5-18(15)24/h2-6,8,16-17H,7,9-13H2,1H3. The van der Waals surface area contributed by atoms with E-state index in [4.69, 9.17) is 0 Å². The summed E-state index contributed by atoms with van der Waals surface area (Å²) in [5, 5.41) is 0. The second-order valence-corrected chi connectivity index (χ2v) is 7.51. The number of piperazine rings is 1. The van der Waals surface area contributed by atoms with Crippen molar-refractivity contribution in [3.63, 3.8) is 0 Å². The quantitative estimate of drug-likeness (QED) is 0.843. The van der Waals surface area contributed by atoms with E-state index in [1.165, 1.54) is 12.0 Å². The van der Waals surface area contributed by atoms with Gasteiger partial charge in [0.25, 0.3) is 0 Å².